The second kappa shape index (κ2) is 15.0. The lowest BCUT2D eigenvalue weighted by molar-refractivity contribution is -0.143. The van der Waals surface area contributed by atoms with E-state index in [0.717, 1.165) is 0 Å². The Labute approximate surface area is 187 Å². The minimum Gasteiger partial charge on any atom is -0.481 e. The Morgan fingerprint density at radius 1 is 0.875 bits per heavy atom. The van der Waals surface area contributed by atoms with Gasteiger partial charge in [0.15, 0.2) is 0 Å². The number of aliphatic carboxylic acids is 2. The molecule has 4 atom stereocenters. The summed E-state index contributed by atoms with van der Waals surface area (Å²) in [6, 6.07) is -5.78. The second-order valence-corrected chi connectivity index (χ2v) is 7.68. The van der Waals surface area contributed by atoms with E-state index in [-0.39, 0.29) is 19.3 Å². The van der Waals surface area contributed by atoms with E-state index in [1.54, 1.807) is 6.26 Å². The van der Waals surface area contributed by atoms with Gasteiger partial charge in [0.1, 0.15) is 18.1 Å². The first-order chi connectivity index (χ1) is 14.9. The first kappa shape index (κ1) is 29.1. The topological polar surface area (TPSA) is 251 Å². The lowest BCUT2D eigenvalue weighted by atomic mass is 10.1. The molecule has 4 unspecified atom stereocenters. The van der Waals surface area contributed by atoms with Crippen LogP contribution in [0.1, 0.15) is 25.7 Å². The van der Waals surface area contributed by atoms with E-state index in [4.69, 9.17) is 21.7 Å². The zero-order valence-electron chi connectivity index (χ0n) is 17.4. The molecule has 4 amide bonds. The second-order valence-electron chi connectivity index (χ2n) is 6.70. The van der Waals surface area contributed by atoms with Gasteiger partial charge in [0.2, 0.25) is 23.6 Å². The van der Waals surface area contributed by atoms with Gasteiger partial charge in [-0.15, -0.1) is 0 Å². The van der Waals surface area contributed by atoms with Crippen molar-refractivity contribution < 1.29 is 44.1 Å². The molecule has 0 radical (unpaired) electrons. The molecule has 0 aromatic heterocycles. The van der Waals surface area contributed by atoms with Gasteiger partial charge in [-0.2, -0.15) is 11.8 Å². The van der Waals surface area contributed by atoms with E-state index in [9.17, 15) is 33.9 Å². The van der Waals surface area contributed by atoms with E-state index in [1.165, 1.54) is 11.8 Å². The Hall–Kier alpha value is -2.91. The van der Waals surface area contributed by atoms with Crippen LogP contribution < -0.4 is 27.4 Å². The third-order valence-corrected chi connectivity index (χ3v) is 4.73. The standard InChI is InChI=1S/C17H29N5O9S/c1-32-5-4-8(18)14(27)21-10(6-13(25)26)15(28)22-11(7-23)16(29)20-9(17(30)31)2-3-12(19)24/h8-11,23H,2-7,18H2,1H3,(H2,19,24)(H,20,29)(H,21,27)(H,22,28)(H,25,26)(H,30,31). The molecule has 0 heterocycles. The van der Waals surface area contributed by atoms with Crippen molar-refractivity contribution in [1.82, 2.24) is 16.0 Å². The fraction of sp³-hybridized carbons (Fsp3) is 0.647. The number of hydrogen-bond donors (Lipinski definition) is 8. The van der Waals surface area contributed by atoms with Crippen molar-refractivity contribution in [3.8, 4) is 0 Å². The molecule has 0 spiro atoms. The highest BCUT2D eigenvalue weighted by molar-refractivity contribution is 7.98. The summed E-state index contributed by atoms with van der Waals surface area (Å²) in [5.74, 6) is -6.12. The van der Waals surface area contributed by atoms with Gasteiger partial charge >= 0.3 is 11.9 Å². The molecule has 0 aliphatic rings. The Morgan fingerprint density at radius 3 is 1.88 bits per heavy atom. The molecule has 182 valence electrons. The number of aliphatic hydroxyl groups excluding tert-OH is 1. The third-order valence-electron chi connectivity index (χ3n) is 4.09. The lowest BCUT2D eigenvalue weighted by Crippen LogP contribution is -2.58. The van der Waals surface area contributed by atoms with Crippen LogP contribution in [-0.4, -0.2) is 93.7 Å². The number of nitrogens with one attached hydrogen (secondary N) is 3. The average Bonchev–Trinajstić information content (AvgIpc) is 2.71. The molecule has 32 heavy (non-hydrogen) atoms. The largest absolute Gasteiger partial charge is 0.481 e. The normalized spacial score (nSPS) is 14.3. The maximum Gasteiger partial charge on any atom is 0.326 e. The number of nitrogens with two attached hydrogens (primary N) is 2. The predicted octanol–water partition coefficient (Wildman–Crippen LogP) is -3.66. The molecule has 0 rings (SSSR count). The van der Waals surface area contributed by atoms with Crippen LogP contribution in [0.4, 0.5) is 0 Å². The highest BCUT2D eigenvalue weighted by Gasteiger charge is 2.31. The van der Waals surface area contributed by atoms with E-state index in [1.807, 2.05) is 5.32 Å². The molecule has 14 nitrogen and oxygen atoms in total. The van der Waals surface area contributed by atoms with Gasteiger partial charge in [-0.25, -0.2) is 4.79 Å². The number of hydrogen-bond acceptors (Lipinski definition) is 9. The number of primary amides is 1. The molecular weight excluding hydrogens is 450 g/mol. The van der Waals surface area contributed by atoms with E-state index in [2.05, 4.69) is 10.6 Å². The average molecular weight is 480 g/mol. The Balaban J connectivity index is 5.21. The van der Waals surface area contributed by atoms with Crippen molar-refractivity contribution in [2.75, 3.05) is 18.6 Å². The molecule has 0 fully saturated rings. The Bertz CT molecular complexity index is 706. The van der Waals surface area contributed by atoms with Crippen molar-refractivity contribution in [2.45, 2.75) is 49.9 Å². The molecule has 10 N–H and O–H groups in total. The van der Waals surface area contributed by atoms with Crippen LogP contribution in [0.2, 0.25) is 0 Å². The van der Waals surface area contributed by atoms with Crippen molar-refractivity contribution >= 4 is 47.3 Å². The summed E-state index contributed by atoms with van der Waals surface area (Å²) in [6.45, 7) is -0.958. The number of carboxylic acid groups (broad SMARTS) is 2. The number of amides is 4. The SMILES string of the molecule is CSCCC(N)C(=O)NC(CC(=O)O)C(=O)NC(CO)C(=O)NC(CCC(N)=O)C(=O)O. The number of carboxylic acids is 2. The molecule has 0 saturated carbocycles. The van der Waals surface area contributed by atoms with Crippen molar-refractivity contribution in [3.63, 3.8) is 0 Å². The van der Waals surface area contributed by atoms with E-state index < -0.39 is 72.8 Å². The molecule has 0 aromatic rings. The third kappa shape index (κ3) is 11.5. The summed E-state index contributed by atoms with van der Waals surface area (Å²) in [4.78, 5) is 70.0. The maximum atomic E-state index is 12.5. The Kier molecular flexibility index (Phi) is 13.6. The van der Waals surface area contributed by atoms with Gasteiger partial charge in [0.25, 0.3) is 0 Å². The summed E-state index contributed by atoms with van der Waals surface area (Å²) < 4.78 is 0. The zero-order chi connectivity index (χ0) is 24.8. The van der Waals surface area contributed by atoms with Crippen LogP contribution in [0.5, 0.6) is 0 Å². The molecule has 0 aliphatic carbocycles. The minimum atomic E-state index is -1.66. The van der Waals surface area contributed by atoms with Crippen LogP contribution in [0.15, 0.2) is 0 Å². The summed E-state index contributed by atoms with van der Waals surface area (Å²) in [5, 5.41) is 33.9. The van der Waals surface area contributed by atoms with Gasteiger partial charge in [0, 0.05) is 6.42 Å². The summed E-state index contributed by atoms with van der Waals surface area (Å²) >= 11 is 1.44. The predicted molar refractivity (Wildman–Crippen MR) is 112 cm³/mol. The van der Waals surface area contributed by atoms with Crippen molar-refractivity contribution in [3.05, 3.63) is 0 Å². The number of carbonyl (C=O) groups is 6. The highest BCUT2D eigenvalue weighted by atomic mass is 32.2. The molecule has 15 heteroatoms. The minimum absolute atomic E-state index is 0.276. The fourth-order valence-corrected chi connectivity index (χ4v) is 2.81. The van der Waals surface area contributed by atoms with E-state index >= 15 is 0 Å². The summed E-state index contributed by atoms with van der Waals surface area (Å²) in [7, 11) is 0. The Morgan fingerprint density at radius 2 is 1.41 bits per heavy atom. The molecule has 0 bridgehead atoms. The van der Waals surface area contributed by atoms with Gasteiger partial charge in [-0.05, 0) is 24.9 Å². The van der Waals surface area contributed by atoms with Gasteiger partial charge in [-0.3, -0.25) is 24.0 Å². The van der Waals surface area contributed by atoms with Gasteiger partial charge in [-0.1, -0.05) is 0 Å². The lowest BCUT2D eigenvalue weighted by Gasteiger charge is -2.23. The quantitative estimate of drug-likeness (QED) is 0.107. The molecule has 0 aliphatic heterocycles. The zero-order valence-corrected chi connectivity index (χ0v) is 18.2. The number of rotatable bonds is 16. The number of thioether (sulfide) groups is 1. The number of carbonyl (C=O) groups excluding carboxylic acids is 4. The van der Waals surface area contributed by atoms with Crippen molar-refractivity contribution in [2.24, 2.45) is 11.5 Å². The summed E-state index contributed by atoms with van der Waals surface area (Å²) in [5.41, 5.74) is 10.6. The van der Waals surface area contributed by atoms with Crippen LogP contribution in [-0.2, 0) is 28.8 Å². The smallest absolute Gasteiger partial charge is 0.326 e. The molecule has 0 saturated heterocycles. The highest BCUT2D eigenvalue weighted by Crippen LogP contribution is 2.02. The van der Waals surface area contributed by atoms with Crippen LogP contribution in [0.25, 0.3) is 0 Å². The van der Waals surface area contributed by atoms with Crippen molar-refractivity contribution in [1.29, 1.82) is 0 Å². The molecular formula is C17H29N5O9S. The van der Waals surface area contributed by atoms with Crippen LogP contribution in [0, 0.1) is 0 Å². The van der Waals surface area contributed by atoms with Crippen LogP contribution in [0.3, 0.4) is 0 Å². The first-order valence-electron chi connectivity index (χ1n) is 9.42. The van der Waals surface area contributed by atoms with Gasteiger partial charge in [0.05, 0.1) is 19.1 Å². The summed E-state index contributed by atoms with van der Waals surface area (Å²) in [6.07, 6.45) is 0.583. The monoisotopic (exact) mass is 479 g/mol. The number of aliphatic hydroxyl groups is 1. The fourth-order valence-electron chi connectivity index (χ4n) is 2.32. The van der Waals surface area contributed by atoms with E-state index in [0.29, 0.717) is 5.75 Å². The van der Waals surface area contributed by atoms with Crippen LogP contribution >= 0.6 is 11.8 Å². The molecule has 0 aromatic carbocycles. The first-order valence-corrected chi connectivity index (χ1v) is 10.8. The van der Waals surface area contributed by atoms with Gasteiger partial charge < -0.3 is 42.7 Å². The maximum absolute atomic E-state index is 12.5.